The highest BCUT2D eigenvalue weighted by atomic mass is 16.2. The molecule has 3 aromatic rings. The van der Waals surface area contributed by atoms with Crippen LogP contribution in [0.3, 0.4) is 0 Å². The van der Waals surface area contributed by atoms with Gasteiger partial charge in [-0.25, -0.2) is 4.98 Å². The van der Waals surface area contributed by atoms with E-state index in [9.17, 15) is 4.79 Å². The molecule has 0 saturated carbocycles. The molecule has 5 heteroatoms. The van der Waals surface area contributed by atoms with Gasteiger partial charge in [-0.15, -0.1) is 0 Å². The van der Waals surface area contributed by atoms with Crippen molar-refractivity contribution < 1.29 is 4.79 Å². The molecule has 2 heterocycles. The van der Waals surface area contributed by atoms with E-state index in [4.69, 9.17) is 0 Å². The number of amides is 1. The van der Waals surface area contributed by atoms with Crippen LogP contribution in [0.15, 0.2) is 67.1 Å². The predicted octanol–water partition coefficient (Wildman–Crippen LogP) is 4.73. The molecule has 0 aliphatic carbocycles. The van der Waals surface area contributed by atoms with E-state index in [2.05, 4.69) is 59.9 Å². The van der Waals surface area contributed by atoms with Crippen LogP contribution >= 0.6 is 0 Å². The normalized spacial score (nSPS) is 10.6. The summed E-state index contributed by atoms with van der Waals surface area (Å²) in [5.41, 5.74) is 4.00. The number of hydrogen-bond donors (Lipinski definition) is 0. The molecule has 0 bridgehead atoms. The Kier molecular flexibility index (Phi) is 7.55. The average molecular weight is 403 g/mol. The highest BCUT2D eigenvalue weighted by Gasteiger charge is 2.18. The second kappa shape index (κ2) is 10.5. The third-order valence-electron chi connectivity index (χ3n) is 5.27. The Labute approximate surface area is 179 Å². The third kappa shape index (κ3) is 5.44. The fourth-order valence-corrected chi connectivity index (χ4v) is 3.44. The lowest BCUT2D eigenvalue weighted by Gasteiger charge is -2.24. The zero-order chi connectivity index (χ0) is 21.3. The van der Waals surface area contributed by atoms with Gasteiger partial charge in [0.15, 0.2) is 0 Å². The number of pyridine rings is 2. The van der Waals surface area contributed by atoms with Crippen LogP contribution < -0.4 is 4.90 Å². The molecule has 5 nitrogen and oxygen atoms in total. The van der Waals surface area contributed by atoms with Crippen molar-refractivity contribution in [3.05, 3.63) is 89.4 Å². The largest absolute Gasteiger partial charge is 0.357 e. The quantitative estimate of drug-likeness (QED) is 0.519. The Bertz CT molecular complexity index is 920. The van der Waals surface area contributed by atoms with Gasteiger partial charge in [0.1, 0.15) is 5.82 Å². The van der Waals surface area contributed by atoms with Gasteiger partial charge < -0.3 is 9.80 Å². The van der Waals surface area contributed by atoms with E-state index in [0.717, 1.165) is 36.5 Å². The summed E-state index contributed by atoms with van der Waals surface area (Å²) in [5.74, 6) is 0.863. The van der Waals surface area contributed by atoms with Gasteiger partial charge in [-0.2, -0.15) is 0 Å². The minimum Gasteiger partial charge on any atom is -0.357 e. The van der Waals surface area contributed by atoms with Gasteiger partial charge in [-0.05, 0) is 55.2 Å². The SMILES string of the molecule is CCc1ccc(CN(Cc2cccnc2)C(=O)c2ccc(N(CC)CC)nc2)cc1. The average Bonchev–Trinajstić information content (AvgIpc) is 2.80. The standard InChI is InChI=1S/C25H30N4O/c1-4-20-9-11-21(12-10-20)18-29(19-22-8-7-15-26-16-22)25(30)23-13-14-24(27-17-23)28(5-2)6-3/h7-17H,4-6,18-19H2,1-3H3. The van der Waals surface area contributed by atoms with Crippen LogP contribution in [0.4, 0.5) is 5.82 Å². The number of nitrogens with zero attached hydrogens (tertiary/aromatic N) is 4. The maximum Gasteiger partial charge on any atom is 0.256 e. The van der Waals surface area contributed by atoms with Gasteiger partial charge in [0.2, 0.25) is 0 Å². The lowest BCUT2D eigenvalue weighted by atomic mass is 10.1. The van der Waals surface area contributed by atoms with Crippen molar-refractivity contribution in [2.75, 3.05) is 18.0 Å². The molecule has 1 amide bonds. The highest BCUT2D eigenvalue weighted by molar-refractivity contribution is 5.94. The first-order valence-electron chi connectivity index (χ1n) is 10.6. The van der Waals surface area contributed by atoms with Gasteiger partial charge in [-0.1, -0.05) is 37.3 Å². The molecule has 0 fully saturated rings. The van der Waals surface area contributed by atoms with Crippen molar-refractivity contribution in [1.29, 1.82) is 0 Å². The number of carbonyl (C=O) groups excluding carboxylic acids is 1. The zero-order valence-electron chi connectivity index (χ0n) is 18.1. The van der Waals surface area contributed by atoms with Crippen molar-refractivity contribution >= 4 is 11.7 Å². The van der Waals surface area contributed by atoms with Crippen LogP contribution in [0, 0.1) is 0 Å². The van der Waals surface area contributed by atoms with Crippen molar-refractivity contribution in [2.24, 2.45) is 0 Å². The van der Waals surface area contributed by atoms with Crippen LogP contribution in [-0.2, 0) is 19.5 Å². The van der Waals surface area contributed by atoms with Crippen molar-refractivity contribution in [2.45, 2.75) is 40.3 Å². The summed E-state index contributed by atoms with van der Waals surface area (Å²) >= 11 is 0. The number of benzene rings is 1. The molecule has 0 N–H and O–H groups in total. The summed E-state index contributed by atoms with van der Waals surface area (Å²) in [6.45, 7) is 9.15. The molecule has 156 valence electrons. The third-order valence-corrected chi connectivity index (χ3v) is 5.27. The first-order valence-corrected chi connectivity index (χ1v) is 10.6. The molecule has 0 atom stereocenters. The van der Waals surface area contributed by atoms with Gasteiger partial charge in [-0.3, -0.25) is 9.78 Å². The molecule has 0 unspecified atom stereocenters. The second-order valence-electron chi connectivity index (χ2n) is 7.27. The number of aromatic nitrogens is 2. The number of anilines is 1. The van der Waals surface area contributed by atoms with Gasteiger partial charge in [0.25, 0.3) is 5.91 Å². The summed E-state index contributed by atoms with van der Waals surface area (Å²) in [5, 5.41) is 0. The van der Waals surface area contributed by atoms with Crippen LogP contribution in [0.1, 0.15) is 47.8 Å². The van der Waals surface area contributed by atoms with E-state index >= 15 is 0 Å². The van der Waals surface area contributed by atoms with Crippen LogP contribution in [-0.4, -0.2) is 33.9 Å². The molecule has 0 aliphatic rings. The van der Waals surface area contributed by atoms with E-state index in [-0.39, 0.29) is 5.91 Å². The lowest BCUT2D eigenvalue weighted by molar-refractivity contribution is 0.0729. The minimum atomic E-state index is -0.0305. The Hall–Kier alpha value is -3.21. The molecule has 0 saturated heterocycles. The van der Waals surface area contributed by atoms with Crippen molar-refractivity contribution in [1.82, 2.24) is 14.9 Å². The highest BCUT2D eigenvalue weighted by Crippen LogP contribution is 2.17. The van der Waals surface area contributed by atoms with Gasteiger partial charge in [0.05, 0.1) is 5.56 Å². The number of rotatable bonds is 9. The molecule has 0 aliphatic heterocycles. The molecule has 30 heavy (non-hydrogen) atoms. The van der Waals surface area contributed by atoms with Crippen LogP contribution in [0.2, 0.25) is 0 Å². The van der Waals surface area contributed by atoms with Crippen LogP contribution in [0.5, 0.6) is 0 Å². The molecule has 0 spiro atoms. The Morgan fingerprint density at radius 1 is 0.833 bits per heavy atom. The summed E-state index contributed by atoms with van der Waals surface area (Å²) in [4.78, 5) is 26.1. The number of carbonyl (C=O) groups is 1. The molecule has 1 aromatic carbocycles. The maximum atomic E-state index is 13.3. The maximum absolute atomic E-state index is 13.3. The van der Waals surface area contributed by atoms with E-state index in [1.807, 2.05) is 35.4 Å². The van der Waals surface area contributed by atoms with E-state index in [0.29, 0.717) is 18.7 Å². The topological polar surface area (TPSA) is 49.3 Å². The second-order valence-corrected chi connectivity index (χ2v) is 7.27. The summed E-state index contributed by atoms with van der Waals surface area (Å²) in [6, 6.07) is 16.2. The van der Waals surface area contributed by atoms with E-state index in [1.165, 1.54) is 5.56 Å². The summed E-state index contributed by atoms with van der Waals surface area (Å²) < 4.78 is 0. The Morgan fingerprint density at radius 3 is 2.10 bits per heavy atom. The van der Waals surface area contributed by atoms with E-state index < -0.39 is 0 Å². The van der Waals surface area contributed by atoms with Crippen molar-refractivity contribution in [3.63, 3.8) is 0 Å². The summed E-state index contributed by atoms with van der Waals surface area (Å²) in [6.07, 6.45) is 6.24. The van der Waals surface area contributed by atoms with Gasteiger partial charge >= 0.3 is 0 Å². The molecule has 0 radical (unpaired) electrons. The molecular formula is C25H30N4O. The molecule has 3 rings (SSSR count). The molecule has 2 aromatic heterocycles. The number of hydrogen-bond acceptors (Lipinski definition) is 4. The van der Waals surface area contributed by atoms with Gasteiger partial charge in [0, 0.05) is 44.8 Å². The molecular weight excluding hydrogens is 372 g/mol. The Morgan fingerprint density at radius 2 is 1.53 bits per heavy atom. The zero-order valence-corrected chi connectivity index (χ0v) is 18.1. The fourth-order valence-electron chi connectivity index (χ4n) is 3.44. The minimum absolute atomic E-state index is 0.0305. The van der Waals surface area contributed by atoms with Crippen LogP contribution in [0.25, 0.3) is 0 Å². The summed E-state index contributed by atoms with van der Waals surface area (Å²) in [7, 11) is 0. The monoisotopic (exact) mass is 402 g/mol. The smallest absolute Gasteiger partial charge is 0.256 e. The predicted molar refractivity (Wildman–Crippen MR) is 121 cm³/mol. The lowest BCUT2D eigenvalue weighted by Crippen LogP contribution is -2.30. The Balaban J connectivity index is 1.83. The van der Waals surface area contributed by atoms with Crippen molar-refractivity contribution in [3.8, 4) is 0 Å². The number of aryl methyl sites for hydroxylation is 1. The first-order chi connectivity index (χ1) is 14.6. The van der Waals surface area contributed by atoms with E-state index in [1.54, 1.807) is 12.4 Å². The fraction of sp³-hybridized carbons (Fsp3) is 0.320. The first kappa shape index (κ1) is 21.5.